The van der Waals surface area contributed by atoms with Crippen LogP contribution in [0.3, 0.4) is 0 Å². The first-order valence-corrected chi connectivity index (χ1v) is 5.17. The molecule has 0 aromatic carbocycles. The molecule has 0 saturated carbocycles. The van der Waals surface area contributed by atoms with Gasteiger partial charge in [0.1, 0.15) is 0 Å². The molecule has 0 amide bonds. The van der Waals surface area contributed by atoms with Crippen molar-refractivity contribution in [3.8, 4) is 0 Å². The van der Waals surface area contributed by atoms with E-state index in [0.29, 0.717) is 6.61 Å². The summed E-state index contributed by atoms with van der Waals surface area (Å²) in [6, 6.07) is 0. The molecule has 0 spiro atoms. The quantitative estimate of drug-likeness (QED) is 0.639. The first kappa shape index (κ1) is 9.37. The number of esters is 1. The molecule has 1 aliphatic carbocycles. The van der Waals surface area contributed by atoms with Crippen LogP contribution in [0.1, 0.15) is 26.2 Å². The first-order valence-electron chi connectivity index (χ1n) is 5.17. The Morgan fingerprint density at radius 1 is 1.50 bits per heavy atom. The Kier molecular flexibility index (Phi) is 2.61. The molecule has 2 rings (SSSR count). The van der Waals surface area contributed by atoms with Gasteiger partial charge < -0.3 is 15.4 Å². The summed E-state index contributed by atoms with van der Waals surface area (Å²) >= 11 is 0. The van der Waals surface area contributed by atoms with Gasteiger partial charge in [0.05, 0.1) is 19.2 Å². The molecule has 0 aromatic rings. The minimum atomic E-state index is -0.0484. The standard InChI is InChI=1S/C10H16N2O2/c1-2-14-10(13)7-3-4-8-9(5-7)12-6-11-8/h7,11-12H,2-6H2,1H3/t7-/m0/s1. The van der Waals surface area contributed by atoms with Gasteiger partial charge in [-0.25, -0.2) is 0 Å². The molecule has 0 bridgehead atoms. The third kappa shape index (κ3) is 1.69. The number of carbonyl (C=O) groups is 1. The molecule has 2 aliphatic rings. The van der Waals surface area contributed by atoms with Crippen LogP contribution in [0.15, 0.2) is 11.4 Å². The molecule has 0 fully saturated rings. The van der Waals surface area contributed by atoms with Crippen LogP contribution < -0.4 is 10.6 Å². The fourth-order valence-electron chi connectivity index (χ4n) is 2.03. The van der Waals surface area contributed by atoms with Gasteiger partial charge in [-0.1, -0.05) is 0 Å². The van der Waals surface area contributed by atoms with Crippen LogP contribution in [0.5, 0.6) is 0 Å². The summed E-state index contributed by atoms with van der Waals surface area (Å²) in [6.07, 6.45) is 2.68. The van der Waals surface area contributed by atoms with Crippen molar-refractivity contribution in [3.05, 3.63) is 11.4 Å². The maximum absolute atomic E-state index is 11.5. The largest absolute Gasteiger partial charge is 0.466 e. The van der Waals surface area contributed by atoms with E-state index < -0.39 is 0 Å². The van der Waals surface area contributed by atoms with Gasteiger partial charge in [0.2, 0.25) is 0 Å². The second-order valence-electron chi connectivity index (χ2n) is 3.68. The van der Waals surface area contributed by atoms with E-state index in [4.69, 9.17) is 4.74 Å². The maximum Gasteiger partial charge on any atom is 0.309 e. The van der Waals surface area contributed by atoms with Crippen LogP contribution >= 0.6 is 0 Å². The van der Waals surface area contributed by atoms with Gasteiger partial charge >= 0.3 is 5.97 Å². The zero-order valence-corrected chi connectivity index (χ0v) is 8.43. The van der Waals surface area contributed by atoms with Gasteiger partial charge in [-0.05, 0) is 19.8 Å². The predicted octanol–water partition coefficient (Wildman–Crippen LogP) is 0.711. The van der Waals surface area contributed by atoms with Gasteiger partial charge in [-0.2, -0.15) is 0 Å². The summed E-state index contributed by atoms with van der Waals surface area (Å²) in [6.45, 7) is 3.13. The summed E-state index contributed by atoms with van der Waals surface area (Å²) in [4.78, 5) is 11.5. The van der Waals surface area contributed by atoms with E-state index in [1.54, 1.807) is 0 Å². The van der Waals surface area contributed by atoms with E-state index in [0.717, 1.165) is 25.9 Å². The molecule has 78 valence electrons. The zero-order chi connectivity index (χ0) is 9.97. The topological polar surface area (TPSA) is 50.4 Å². The van der Waals surface area contributed by atoms with Crippen molar-refractivity contribution < 1.29 is 9.53 Å². The van der Waals surface area contributed by atoms with Crippen LogP contribution in [0, 0.1) is 5.92 Å². The smallest absolute Gasteiger partial charge is 0.309 e. The number of carbonyl (C=O) groups excluding carboxylic acids is 1. The van der Waals surface area contributed by atoms with Crippen molar-refractivity contribution in [2.75, 3.05) is 13.3 Å². The lowest BCUT2D eigenvalue weighted by Gasteiger charge is -2.21. The van der Waals surface area contributed by atoms with E-state index in [1.165, 1.54) is 11.4 Å². The van der Waals surface area contributed by atoms with E-state index in [9.17, 15) is 4.79 Å². The second kappa shape index (κ2) is 3.90. The van der Waals surface area contributed by atoms with E-state index in [-0.39, 0.29) is 11.9 Å². The lowest BCUT2D eigenvalue weighted by Crippen LogP contribution is -2.23. The summed E-state index contributed by atoms with van der Waals surface area (Å²) in [5, 5.41) is 6.51. The lowest BCUT2D eigenvalue weighted by atomic mass is 9.90. The summed E-state index contributed by atoms with van der Waals surface area (Å²) in [5.74, 6) is 0.00819. The highest BCUT2D eigenvalue weighted by molar-refractivity contribution is 5.73. The minimum absolute atomic E-state index is 0.0484. The highest BCUT2D eigenvalue weighted by atomic mass is 16.5. The second-order valence-corrected chi connectivity index (χ2v) is 3.68. The Hall–Kier alpha value is -1.19. The molecule has 2 N–H and O–H groups in total. The summed E-state index contributed by atoms with van der Waals surface area (Å²) < 4.78 is 5.02. The number of rotatable bonds is 2. The predicted molar refractivity (Wildman–Crippen MR) is 52.1 cm³/mol. The fourth-order valence-corrected chi connectivity index (χ4v) is 2.03. The molecule has 14 heavy (non-hydrogen) atoms. The van der Waals surface area contributed by atoms with Crippen LogP contribution in [0.25, 0.3) is 0 Å². The normalized spacial score (nSPS) is 25.1. The lowest BCUT2D eigenvalue weighted by molar-refractivity contribution is -0.148. The molecule has 0 aromatic heterocycles. The van der Waals surface area contributed by atoms with E-state index in [1.807, 2.05) is 6.92 Å². The van der Waals surface area contributed by atoms with Gasteiger partial charge in [0.15, 0.2) is 0 Å². The average Bonchev–Trinajstić information content (AvgIpc) is 2.64. The molecular weight excluding hydrogens is 180 g/mol. The summed E-state index contributed by atoms with van der Waals surface area (Å²) in [7, 11) is 0. The van der Waals surface area contributed by atoms with Crippen molar-refractivity contribution >= 4 is 5.97 Å². The Morgan fingerprint density at radius 2 is 2.29 bits per heavy atom. The van der Waals surface area contributed by atoms with Crippen molar-refractivity contribution in [2.45, 2.75) is 26.2 Å². The Labute approximate surface area is 83.7 Å². The minimum Gasteiger partial charge on any atom is -0.466 e. The maximum atomic E-state index is 11.5. The van der Waals surface area contributed by atoms with Gasteiger partial charge in [-0.15, -0.1) is 0 Å². The van der Waals surface area contributed by atoms with Gasteiger partial charge in [0.25, 0.3) is 0 Å². The Morgan fingerprint density at radius 3 is 3.07 bits per heavy atom. The molecular formula is C10H16N2O2. The van der Waals surface area contributed by atoms with Gasteiger partial charge in [0, 0.05) is 17.8 Å². The molecule has 0 radical (unpaired) electrons. The van der Waals surface area contributed by atoms with Crippen molar-refractivity contribution in [1.82, 2.24) is 10.6 Å². The van der Waals surface area contributed by atoms with Crippen LogP contribution in [-0.2, 0) is 9.53 Å². The number of hydrogen-bond donors (Lipinski definition) is 2. The van der Waals surface area contributed by atoms with E-state index >= 15 is 0 Å². The highest BCUT2D eigenvalue weighted by Gasteiger charge is 2.29. The molecule has 1 aliphatic heterocycles. The Balaban J connectivity index is 1.96. The SMILES string of the molecule is CCOC(=O)[C@H]1CCC2=C(C1)NCN2. The van der Waals surface area contributed by atoms with Crippen LogP contribution in [0.4, 0.5) is 0 Å². The molecule has 1 atom stereocenters. The van der Waals surface area contributed by atoms with Crippen LogP contribution in [0.2, 0.25) is 0 Å². The van der Waals surface area contributed by atoms with Crippen molar-refractivity contribution in [2.24, 2.45) is 5.92 Å². The highest BCUT2D eigenvalue weighted by Crippen LogP contribution is 2.29. The number of allylic oxidation sites excluding steroid dienone is 2. The number of nitrogens with one attached hydrogen (secondary N) is 2. The van der Waals surface area contributed by atoms with Crippen molar-refractivity contribution in [3.63, 3.8) is 0 Å². The third-order valence-electron chi connectivity index (χ3n) is 2.78. The first-order chi connectivity index (χ1) is 6.81. The third-order valence-corrected chi connectivity index (χ3v) is 2.78. The zero-order valence-electron chi connectivity index (χ0n) is 8.43. The van der Waals surface area contributed by atoms with E-state index in [2.05, 4.69) is 10.6 Å². The monoisotopic (exact) mass is 196 g/mol. The molecule has 1 heterocycles. The number of ether oxygens (including phenoxy) is 1. The molecule has 4 nitrogen and oxygen atoms in total. The Bertz CT molecular complexity index is 273. The molecule has 0 saturated heterocycles. The molecule has 0 unspecified atom stereocenters. The van der Waals surface area contributed by atoms with Crippen LogP contribution in [-0.4, -0.2) is 19.2 Å². The number of hydrogen-bond acceptors (Lipinski definition) is 4. The molecule has 4 heteroatoms. The fraction of sp³-hybridized carbons (Fsp3) is 0.700. The average molecular weight is 196 g/mol. The van der Waals surface area contributed by atoms with Crippen molar-refractivity contribution in [1.29, 1.82) is 0 Å². The summed E-state index contributed by atoms with van der Waals surface area (Å²) in [5.41, 5.74) is 2.49. The van der Waals surface area contributed by atoms with Gasteiger partial charge in [-0.3, -0.25) is 4.79 Å².